The van der Waals surface area contributed by atoms with Gasteiger partial charge in [0.25, 0.3) is 0 Å². The third-order valence-electron chi connectivity index (χ3n) is 4.23. The molecule has 0 unspecified atom stereocenters. The summed E-state index contributed by atoms with van der Waals surface area (Å²) >= 11 is 0. The molecule has 0 bridgehead atoms. The van der Waals surface area contributed by atoms with Crippen molar-refractivity contribution in [1.29, 1.82) is 0 Å². The molecule has 0 fully saturated rings. The minimum absolute atomic E-state index is 0.0258. The van der Waals surface area contributed by atoms with Gasteiger partial charge in [-0.15, -0.1) is 0 Å². The van der Waals surface area contributed by atoms with E-state index in [1.165, 1.54) is 23.8 Å². The van der Waals surface area contributed by atoms with Gasteiger partial charge in [-0.05, 0) is 29.8 Å². The van der Waals surface area contributed by atoms with Crippen molar-refractivity contribution in [1.82, 2.24) is 14.5 Å². The molecule has 0 atom stereocenters. The Kier molecular flexibility index (Phi) is 3.73. The summed E-state index contributed by atoms with van der Waals surface area (Å²) in [6, 6.07) is 13.2. The largest absolute Gasteiger partial charge is 0.545 e. The van der Waals surface area contributed by atoms with Crippen LogP contribution in [0.5, 0.6) is 0 Å². The fourth-order valence-corrected chi connectivity index (χ4v) is 3.00. The van der Waals surface area contributed by atoms with E-state index >= 15 is 0 Å². The van der Waals surface area contributed by atoms with Crippen LogP contribution in [0, 0.1) is 0 Å². The number of fused-ring (bicyclic) bond motifs is 2. The number of benzene rings is 2. The van der Waals surface area contributed by atoms with Gasteiger partial charge in [0, 0.05) is 5.69 Å². The number of carbonyl (C=O) groups is 2. The van der Waals surface area contributed by atoms with Crippen LogP contribution in [-0.2, 0) is 4.74 Å². The van der Waals surface area contributed by atoms with Crippen LogP contribution in [0.2, 0.25) is 0 Å². The number of nitrogens with zero attached hydrogens (tertiary/aromatic N) is 3. The summed E-state index contributed by atoms with van der Waals surface area (Å²) in [5.74, 6) is -1.92. The van der Waals surface area contributed by atoms with E-state index in [0.717, 1.165) is 0 Å². The molecule has 2 heterocycles. The van der Waals surface area contributed by atoms with Crippen molar-refractivity contribution >= 4 is 40.0 Å². The summed E-state index contributed by atoms with van der Waals surface area (Å²) in [6.45, 7) is 0. The summed E-state index contributed by atoms with van der Waals surface area (Å²) in [4.78, 5) is 32.6. The molecule has 8 heteroatoms. The third-order valence-corrected chi connectivity index (χ3v) is 4.23. The van der Waals surface area contributed by atoms with Gasteiger partial charge in [0.05, 0.1) is 24.1 Å². The zero-order valence-electron chi connectivity index (χ0n) is 14.2. The lowest BCUT2D eigenvalue weighted by molar-refractivity contribution is -0.255. The van der Waals surface area contributed by atoms with E-state index in [4.69, 9.17) is 10.5 Å². The highest BCUT2D eigenvalue weighted by Crippen LogP contribution is 2.31. The smallest absolute Gasteiger partial charge is 0.343 e. The van der Waals surface area contributed by atoms with E-state index < -0.39 is 11.9 Å². The van der Waals surface area contributed by atoms with Crippen molar-refractivity contribution in [2.24, 2.45) is 0 Å². The maximum Gasteiger partial charge on any atom is 0.343 e. The number of hydrogen-bond acceptors (Lipinski definition) is 7. The number of esters is 1. The van der Waals surface area contributed by atoms with Crippen LogP contribution in [0.3, 0.4) is 0 Å². The summed E-state index contributed by atoms with van der Waals surface area (Å²) in [5, 5.41) is 11.2. The number of anilines is 1. The van der Waals surface area contributed by atoms with E-state index in [9.17, 15) is 14.7 Å². The van der Waals surface area contributed by atoms with Crippen LogP contribution in [0.25, 0.3) is 27.9 Å². The molecule has 27 heavy (non-hydrogen) atoms. The number of methoxy groups -OCH3 is 1. The van der Waals surface area contributed by atoms with Gasteiger partial charge in [0.15, 0.2) is 5.65 Å². The topological polar surface area (TPSA) is 123 Å². The molecule has 2 aromatic carbocycles. The van der Waals surface area contributed by atoms with Gasteiger partial charge in [-0.25, -0.2) is 14.8 Å². The lowest BCUT2D eigenvalue weighted by Gasteiger charge is -2.10. The molecule has 0 saturated carbocycles. The van der Waals surface area contributed by atoms with Gasteiger partial charge in [-0.3, -0.25) is 4.57 Å². The molecule has 134 valence electrons. The molecule has 2 aromatic heterocycles. The van der Waals surface area contributed by atoms with Crippen LogP contribution in [-0.4, -0.2) is 33.6 Å². The molecule has 0 radical (unpaired) electrons. The number of carbonyl (C=O) groups excluding carboxylic acids is 2. The van der Waals surface area contributed by atoms with E-state index in [2.05, 4.69) is 9.97 Å². The number of aromatic nitrogens is 3. The Morgan fingerprint density at radius 2 is 1.78 bits per heavy atom. The highest BCUT2D eigenvalue weighted by atomic mass is 16.5. The second kappa shape index (κ2) is 6.10. The lowest BCUT2D eigenvalue weighted by Crippen LogP contribution is -2.22. The zero-order valence-corrected chi connectivity index (χ0v) is 14.2. The number of carboxylic acid groups (broad SMARTS) is 1. The lowest BCUT2D eigenvalue weighted by atomic mass is 10.2. The number of nitrogens with two attached hydrogens (primary N) is 1. The maximum atomic E-state index is 12.3. The standard InChI is InChI=1S/C19H14N4O4/c1-27-19(26)14-15-17(22-13-8-3-2-7-12(13)21-15)23(16(14)20)11-6-4-5-10(9-11)18(24)25/h2-9H,20H2,1H3,(H,24,25)/p-1. The van der Waals surface area contributed by atoms with Crippen molar-refractivity contribution in [2.45, 2.75) is 0 Å². The Morgan fingerprint density at radius 1 is 1.07 bits per heavy atom. The highest BCUT2D eigenvalue weighted by Gasteiger charge is 2.25. The Labute approximate surface area is 152 Å². The number of aromatic carboxylic acids is 1. The highest BCUT2D eigenvalue weighted by molar-refractivity contribution is 6.09. The Bertz CT molecular complexity index is 1230. The molecule has 0 aliphatic rings. The number of carboxylic acids is 1. The average molecular weight is 361 g/mol. The number of rotatable bonds is 3. The Balaban J connectivity index is 2.12. The van der Waals surface area contributed by atoms with Crippen molar-refractivity contribution in [2.75, 3.05) is 12.8 Å². The monoisotopic (exact) mass is 361 g/mol. The molecular formula is C19H13N4O4-. The van der Waals surface area contributed by atoms with E-state index in [-0.39, 0.29) is 22.5 Å². The quantitative estimate of drug-likeness (QED) is 0.546. The molecular weight excluding hydrogens is 348 g/mol. The Morgan fingerprint density at radius 3 is 2.44 bits per heavy atom. The molecule has 8 nitrogen and oxygen atoms in total. The first-order valence-electron chi connectivity index (χ1n) is 7.98. The van der Waals surface area contributed by atoms with Gasteiger partial charge < -0.3 is 20.4 Å². The number of ether oxygens (including phenoxy) is 1. The first-order chi connectivity index (χ1) is 13.0. The molecule has 0 amide bonds. The fraction of sp³-hybridized carbons (Fsp3) is 0.0526. The number of para-hydroxylation sites is 2. The van der Waals surface area contributed by atoms with E-state index in [0.29, 0.717) is 22.4 Å². The molecule has 2 N–H and O–H groups in total. The SMILES string of the molecule is COC(=O)c1c(N)n(-c2cccc(C(=O)[O-])c2)c2nc3ccccc3nc12. The number of hydrogen-bond donors (Lipinski definition) is 1. The molecule has 4 rings (SSSR count). The molecule has 0 aliphatic heterocycles. The van der Waals surface area contributed by atoms with E-state index in [1.807, 2.05) is 12.1 Å². The summed E-state index contributed by atoms with van der Waals surface area (Å²) in [6.07, 6.45) is 0. The van der Waals surface area contributed by atoms with Crippen molar-refractivity contribution < 1.29 is 19.4 Å². The second-order valence-electron chi connectivity index (χ2n) is 5.81. The summed E-state index contributed by atoms with van der Waals surface area (Å²) < 4.78 is 6.32. The van der Waals surface area contributed by atoms with Gasteiger partial charge in [-0.2, -0.15) is 0 Å². The van der Waals surface area contributed by atoms with Crippen LogP contribution in [0.4, 0.5) is 5.82 Å². The Hall–Kier alpha value is -3.94. The minimum atomic E-state index is -1.32. The van der Waals surface area contributed by atoms with E-state index in [1.54, 1.807) is 24.3 Å². The van der Waals surface area contributed by atoms with Gasteiger partial charge >= 0.3 is 5.97 Å². The average Bonchev–Trinajstić information content (AvgIpc) is 2.96. The third kappa shape index (κ3) is 2.54. The van der Waals surface area contributed by atoms with Crippen LogP contribution >= 0.6 is 0 Å². The molecule has 0 saturated heterocycles. The van der Waals surface area contributed by atoms with Crippen molar-refractivity contribution in [3.05, 3.63) is 59.7 Å². The van der Waals surface area contributed by atoms with Crippen LogP contribution < -0.4 is 10.8 Å². The molecule has 0 aliphatic carbocycles. The second-order valence-corrected chi connectivity index (χ2v) is 5.81. The van der Waals surface area contributed by atoms with Crippen molar-refractivity contribution in [3.8, 4) is 5.69 Å². The van der Waals surface area contributed by atoms with Crippen molar-refractivity contribution in [3.63, 3.8) is 0 Å². The maximum absolute atomic E-state index is 12.3. The number of nitrogen functional groups attached to an aromatic ring is 1. The molecule has 4 aromatic rings. The first kappa shape index (κ1) is 16.5. The molecule has 0 spiro atoms. The predicted molar refractivity (Wildman–Crippen MR) is 96.5 cm³/mol. The summed E-state index contributed by atoms with van der Waals surface area (Å²) in [7, 11) is 1.25. The normalized spacial score (nSPS) is 11.0. The predicted octanol–water partition coefficient (Wildman–Crippen LogP) is 1.31. The fourth-order valence-electron chi connectivity index (χ4n) is 3.00. The van der Waals surface area contributed by atoms with Gasteiger partial charge in [-0.1, -0.05) is 24.3 Å². The summed E-state index contributed by atoms with van der Waals surface area (Å²) in [5.41, 5.74) is 8.49. The van der Waals surface area contributed by atoms with Crippen LogP contribution in [0.15, 0.2) is 48.5 Å². The van der Waals surface area contributed by atoms with Gasteiger partial charge in [0.2, 0.25) is 0 Å². The zero-order chi connectivity index (χ0) is 19.1. The minimum Gasteiger partial charge on any atom is -0.545 e. The van der Waals surface area contributed by atoms with Crippen LogP contribution in [0.1, 0.15) is 20.7 Å². The van der Waals surface area contributed by atoms with Gasteiger partial charge in [0.1, 0.15) is 16.9 Å². The first-order valence-corrected chi connectivity index (χ1v) is 7.98.